The second-order valence-electron chi connectivity index (χ2n) is 7.10. The first-order chi connectivity index (χ1) is 15.2. The van der Waals surface area contributed by atoms with Gasteiger partial charge in [-0.05, 0) is 47.3 Å². The van der Waals surface area contributed by atoms with Crippen LogP contribution in [0.3, 0.4) is 0 Å². The van der Waals surface area contributed by atoms with Crippen molar-refractivity contribution >= 4 is 21.8 Å². The van der Waals surface area contributed by atoms with Crippen LogP contribution in [-0.4, -0.2) is 31.2 Å². The van der Waals surface area contributed by atoms with E-state index in [0.717, 1.165) is 16.5 Å². The van der Waals surface area contributed by atoms with Gasteiger partial charge in [-0.3, -0.25) is 9.78 Å². The van der Waals surface area contributed by atoms with E-state index in [9.17, 15) is 14.3 Å². The van der Waals surface area contributed by atoms with Gasteiger partial charge in [0, 0.05) is 47.8 Å². The zero-order valence-corrected chi connectivity index (χ0v) is 16.4. The Morgan fingerprint density at radius 2 is 1.81 bits per heavy atom. The molecule has 0 aliphatic heterocycles. The van der Waals surface area contributed by atoms with Gasteiger partial charge < -0.3 is 9.67 Å². The summed E-state index contributed by atoms with van der Waals surface area (Å²) in [6, 6.07) is 13.7. The first-order valence-corrected chi connectivity index (χ1v) is 9.76. The minimum absolute atomic E-state index is 0.151. The third-order valence-electron chi connectivity index (χ3n) is 5.25. The summed E-state index contributed by atoms with van der Waals surface area (Å²) < 4.78 is 16.0. The summed E-state index contributed by atoms with van der Waals surface area (Å²) in [6.45, 7) is -0.0255. The van der Waals surface area contributed by atoms with Crippen LogP contribution in [0.1, 0.15) is 0 Å². The van der Waals surface area contributed by atoms with Gasteiger partial charge in [-0.2, -0.15) is 0 Å². The van der Waals surface area contributed by atoms with E-state index >= 15 is 0 Å². The summed E-state index contributed by atoms with van der Waals surface area (Å²) in [5.41, 5.74) is 2.57. The Kier molecular flexibility index (Phi) is 4.72. The molecule has 0 unspecified atom stereocenters. The Balaban J connectivity index is 1.89. The highest BCUT2D eigenvalue weighted by molar-refractivity contribution is 6.04. The van der Waals surface area contributed by atoms with E-state index in [-0.39, 0.29) is 24.5 Å². The third kappa shape index (κ3) is 3.25. The maximum Gasteiger partial charge on any atom is 0.260 e. The van der Waals surface area contributed by atoms with E-state index in [0.29, 0.717) is 27.7 Å². The predicted molar refractivity (Wildman–Crippen MR) is 117 cm³/mol. The second-order valence-corrected chi connectivity index (χ2v) is 7.10. The molecule has 0 fully saturated rings. The molecule has 152 valence electrons. The molecular weight excluding hydrogens is 395 g/mol. The number of hydrogen-bond donors (Lipinski definition) is 1. The quantitative estimate of drug-likeness (QED) is 0.486. The summed E-state index contributed by atoms with van der Waals surface area (Å²) >= 11 is 0. The van der Waals surface area contributed by atoms with Crippen molar-refractivity contribution in [3.8, 4) is 22.4 Å². The molecule has 0 saturated carbocycles. The van der Waals surface area contributed by atoms with Crippen LogP contribution in [-0.2, 0) is 6.54 Å². The summed E-state index contributed by atoms with van der Waals surface area (Å²) in [5.74, 6) is -0.379. The molecule has 4 heterocycles. The van der Waals surface area contributed by atoms with Crippen LogP contribution in [0.25, 0.3) is 44.2 Å². The molecule has 0 saturated heterocycles. The van der Waals surface area contributed by atoms with Gasteiger partial charge in [0.05, 0.1) is 17.7 Å². The minimum atomic E-state index is -0.379. The Morgan fingerprint density at radius 1 is 0.935 bits per heavy atom. The van der Waals surface area contributed by atoms with Crippen molar-refractivity contribution in [2.75, 3.05) is 6.61 Å². The van der Waals surface area contributed by atoms with Gasteiger partial charge in [0.25, 0.3) is 5.56 Å². The van der Waals surface area contributed by atoms with E-state index in [1.165, 1.54) is 16.8 Å². The van der Waals surface area contributed by atoms with Gasteiger partial charge in [0.1, 0.15) is 5.82 Å². The van der Waals surface area contributed by atoms with Gasteiger partial charge in [-0.25, -0.2) is 14.4 Å². The van der Waals surface area contributed by atoms with Crippen molar-refractivity contribution in [1.82, 2.24) is 19.5 Å². The number of aromatic nitrogens is 4. The van der Waals surface area contributed by atoms with E-state index in [2.05, 4.69) is 15.0 Å². The molecule has 6 nitrogen and oxygen atoms in total. The number of rotatable bonds is 4. The number of hydrogen-bond acceptors (Lipinski definition) is 5. The molecule has 5 rings (SSSR count). The molecule has 7 heteroatoms. The highest BCUT2D eigenvalue weighted by Crippen LogP contribution is 2.35. The maximum atomic E-state index is 14.5. The topological polar surface area (TPSA) is 80.9 Å². The molecule has 1 aromatic carbocycles. The number of aliphatic hydroxyl groups excluding tert-OH is 1. The van der Waals surface area contributed by atoms with Crippen LogP contribution >= 0.6 is 0 Å². The molecule has 31 heavy (non-hydrogen) atoms. The lowest BCUT2D eigenvalue weighted by Gasteiger charge is -2.14. The van der Waals surface area contributed by atoms with Crippen molar-refractivity contribution in [2.45, 2.75) is 6.54 Å². The molecule has 0 atom stereocenters. The summed E-state index contributed by atoms with van der Waals surface area (Å²) in [7, 11) is 0. The van der Waals surface area contributed by atoms with Crippen molar-refractivity contribution in [1.29, 1.82) is 0 Å². The number of halogens is 1. The van der Waals surface area contributed by atoms with Crippen LogP contribution in [0.5, 0.6) is 0 Å². The van der Waals surface area contributed by atoms with Crippen LogP contribution in [0.4, 0.5) is 4.39 Å². The van der Waals surface area contributed by atoms with E-state index in [1.54, 1.807) is 42.9 Å². The lowest BCUT2D eigenvalue weighted by Crippen LogP contribution is -2.22. The predicted octanol–water partition coefficient (Wildman–Crippen LogP) is 3.81. The lowest BCUT2D eigenvalue weighted by molar-refractivity contribution is 0.274. The van der Waals surface area contributed by atoms with Gasteiger partial charge in [-0.1, -0.05) is 12.1 Å². The normalized spacial score (nSPS) is 11.3. The lowest BCUT2D eigenvalue weighted by atomic mass is 9.97. The Morgan fingerprint density at radius 3 is 2.65 bits per heavy atom. The molecular formula is C24H17FN4O2. The van der Waals surface area contributed by atoms with Gasteiger partial charge in [-0.15, -0.1) is 0 Å². The molecule has 0 aliphatic carbocycles. The zero-order chi connectivity index (χ0) is 21.4. The van der Waals surface area contributed by atoms with E-state index < -0.39 is 0 Å². The van der Waals surface area contributed by atoms with E-state index in [4.69, 9.17) is 0 Å². The fraction of sp³-hybridized carbons (Fsp3) is 0.0833. The largest absolute Gasteiger partial charge is 0.395 e. The fourth-order valence-electron chi connectivity index (χ4n) is 3.81. The molecule has 0 radical (unpaired) electrons. The van der Waals surface area contributed by atoms with Gasteiger partial charge in [0.2, 0.25) is 0 Å². The second kappa shape index (κ2) is 7.70. The first-order valence-electron chi connectivity index (χ1n) is 9.76. The molecule has 1 N–H and O–H groups in total. The Labute approximate surface area is 176 Å². The highest BCUT2D eigenvalue weighted by Gasteiger charge is 2.16. The summed E-state index contributed by atoms with van der Waals surface area (Å²) in [4.78, 5) is 25.9. The highest BCUT2D eigenvalue weighted by atomic mass is 19.1. The summed E-state index contributed by atoms with van der Waals surface area (Å²) in [5, 5.41) is 11.4. The number of pyridine rings is 4. The fourth-order valence-corrected chi connectivity index (χ4v) is 3.81. The Hall–Kier alpha value is -3.97. The molecule has 5 aromatic rings. The minimum Gasteiger partial charge on any atom is -0.395 e. The number of fused-ring (bicyclic) bond motifs is 2. The SMILES string of the molecule is O=c1c2cnccc2c(-c2cc(-c3ccccc3F)nc3ncccc23)cn1CCO. The first kappa shape index (κ1) is 19.0. The third-order valence-corrected chi connectivity index (χ3v) is 5.25. The Bertz CT molecular complexity index is 1500. The number of aliphatic hydroxyl groups is 1. The smallest absolute Gasteiger partial charge is 0.260 e. The number of nitrogens with zero attached hydrogens (tertiary/aromatic N) is 4. The average molecular weight is 412 g/mol. The number of benzene rings is 1. The van der Waals surface area contributed by atoms with Gasteiger partial charge in [0.15, 0.2) is 5.65 Å². The van der Waals surface area contributed by atoms with E-state index in [1.807, 2.05) is 18.2 Å². The molecule has 4 aromatic heterocycles. The molecule has 0 aliphatic rings. The van der Waals surface area contributed by atoms with Crippen molar-refractivity contribution in [3.63, 3.8) is 0 Å². The molecule has 0 spiro atoms. The zero-order valence-electron chi connectivity index (χ0n) is 16.4. The monoisotopic (exact) mass is 412 g/mol. The van der Waals surface area contributed by atoms with Gasteiger partial charge >= 0.3 is 0 Å². The van der Waals surface area contributed by atoms with Crippen molar-refractivity contribution in [3.05, 3.63) is 89.5 Å². The van der Waals surface area contributed by atoms with Crippen LogP contribution in [0, 0.1) is 5.82 Å². The van der Waals surface area contributed by atoms with Crippen molar-refractivity contribution in [2.24, 2.45) is 0 Å². The molecule has 0 amide bonds. The maximum absolute atomic E-state index is 14.5. The molecule has 0 bridgehead atoms. The van der Waals surface area contributed by atoms with Crippen LogP contribution in [0.15, 0.2) is 78.1 Å². The van der Waals surface area contributed by atoms with Crippen LogP contribution in [0.2, 0.25) is 0 Å². The van der Waals surface area contributed by atoms with Crippen LogP contribution < -0.4 is 5.56 Å². The van der Waals surface area contributed by atoms with Crippen molar-refractivity contribution < 1.29 is 9.50 Å². The summed E-state index contributed by atoms with van der Waals surface area (Å²) in [6.07, 6.45) is 6.50. The average Bonchev–Trinajstić information content (AvgIpc) is 2.81. The standard InChI is InChI=1S/C24H17FN4O2/c25-21-6-2-1-4-17(21)22-12-18(16-5-3-8-27-23(16)28-22)20-14-29(10-11-30)24(31)19-13-26-9-7-15(19)20/h1-9,12-14,30H,10-11H2.